The lowest BCUT2D eigenvalue weighted by molar-refractivity contribution is -0.131. The highest BCUT2D eigenvalue weighted by atomic mass is 16.3. The average molecular weight is 357 g/mol. The summed E-state index contributed by atoms with van der Waals surface area (Å²) in [4.78, 5) is 20.6. The zero-order valence-corrected chi connectivity index (χ0v) is 15.5. The SMILES string of the molecule is CN(C)CC(O)c1cc2n(n1)CCCN(C(=O)CCc1cccnc1)C2. The molecule has 1 amide bonds. The van der Waals surface area contributed by atoms with E-state index in [1.165, 1.54) is 0 Å². The maximum absolute atomic E-state index is 12.6. The largest absolute Gasteiger partial charge is 0.385 e. The molecule has 0 aliphatic carbocycles. The zero-order valence-electron chi connectivity index (χ0n) is 15.5. The summed E-state index contributed by atoms with van der Waals surface area (Å²) >= 11 is 0. The molecule has 3 heterocycles. The van der Waals surface area contributed by atoms with Gasteiger partial charge in [0.2, 0.25) is 5.91 Å². The highest BCUT2D eigenvalue weighted by Gasteiger charge is 2.22. The summed E-state index contributed by atoms with van der Waals surface area (Å²) in [6, 6.07) is 5.82. The third-order valence-corrected chi connectivity index (χ3v) is 4.62. The highest BCUT2D eigenvalue weighted by Crippen LogP contribution is 2.19. The van der Waals surface area contributed by atoms with E-state index in [9.17, 15) is 9.90 Å². The smallest absolute Gasteiger partial charge is 0.223 e. The Morgan fingerprint density at radius 2 is 2.23 bits per heavy atom. The van der Waals surface area contributed by atoms with Crippen LogP contribution in [-0.4, -0.2) is 62.8 Å². The van der Waals surface area contributed by atoms with Crippen LogP contribution in [0.15, 0.2) is 30.6 Å². The van der Waals surface area contributed by atoms with Crippen LogP contribution in [-0.2, 0) is 24.3 Å². The Labute approximate surface area is 154 Å². The van der Waals surface area contributed by atoms with Crippen LogP contribution in [0, 0.1) is 0 Å². The van der Waals surface area contributed by atoms with Gasteiger partial charge in [-0.1, -0.05) is 6.07 Å². The average Bonchev–Trinajstić information content (AvgIpc) is 2.92. The van der Waals surface area contributed by atoms with E-state index in [1.54, 1.807) is 6.20 Å². The summed E-state index contributed by atoms with van der Waals surface area (Å²) in [6.45, 7) is 2.60. The highest BCUT2D eigenvalue weighted by molar-refractivity contribution is 5.76. The number of aryl methyl sites for hydroxylation is 2. The van der Waals surface area contributed by atoms with Crippen LogP contribution in [0.3, 0.4) is 0 Å². The lowest BCUT2D eigenvalue weighted by Crippen LogP contribution is -2.30. The van der Waals surface area contributed by atoms with Gasteiger partial charge in [0.15, 0.2) is 0 Å². The van der Waals surface area contributed by atoms with Crippen molar-refractivity contribution in [3.8, 4) is 0 Å². The summed E-state index contributed by atoms with van der Waals surface area (Å²) in [5, 5.41) is 14.8. The fourth-order valence-electron chi connectivity index (χ4n) is 3.26. The number of carbonyl (C=O) groups excluding carboxylic acids is 1. The molecule has 0 radical (unpaired) electrons. The second-order valence-electron chi connectivity index (χ2n) is 7.09. The predicted octanol–water partition coefficient (Wildman–Crippen LogP) is 1.24. The Balaban J connectivity index is 1.63. The van der Waals surface area contributed by atoms with E-state index in [0.717, 1.165) is 30.8 Å². The maximum Gasteiger partial charge on any atom is 0.223 e. The summed E-state index contributed by atoms with van der Waals surface area (Å²) in [5.74, 6) is 0.152. The van der Waals surface area contributed by atoms with Crippen LogP contribution in [0.25, 0.3) is 0 Å². The van der Waals surface area contributed by atoms with Crippen LogP contribution >= 0.6 is 0 Å². The zero-order chi connectivity index (χ0) is 18.5. The molecule has 0 saturated heterocycles. The standard InChI is InChI=1S/C19H27N5O2/c1-22(2)14-18(25)17-11-16-13-23(9-4-10-24(16)21-17)19(26)7-6-15-5-3-8-20-12-15/h3,5,8,11-12,18,25H,4,6-7,9-10,13-14H2,1-2H3. The number of nitrogens with zero attached hydrogens (tertiary/aromatic N) is 5. The molecule has 26 heavy (non-hydrogen) atoms. The van der Waals surface area contributed by atoms with Crippen molar-refractivity contribution in [2.75, 3.05) is 27.2 Å². The van der Waals surface area contributed by atoms with Crippen molar-refractivity contribution in [1.82, 2.24) is 24.6 Å². The first-order chi connectivity index (χ1) is 12.5. The number of carbonyl (C=O) groups is 1. The molecule has 140 valence electrons. The van der Waals surface area contributed by atoms with Crippen LogP contribution in [0.5, 0.6) is 0 Å². The van der Waals surface area contributed by atoms with Crippen LogP contribution in [0.2, 0.25) is 0 Å². The van der Waals surface area contributed by atoms with Gasteiger partial charge < -0.3 is 14.9 Å². The van der Waals surface area contributed by atoms with Crippen LogP contribution in [0.4, 0.5) is 0 Å². The van der Waals surface area contributed by atoms with Gasteiger partial charge in [0.25, 0.3) is 0 Å². The van der Waals surface area contributed by atoms with E-state index >= 15 is 0 Å². The Kier molecular flexibility index (Phi) is 6.00. The van der Waals surface area contributed by atoms with Crippen LogP contribution < -0.4 is 0 Å². The first kappa shape index (κ1) is 18.5. The summed E-state index contributed by atoms with van der Waals surface area (Å²) < 4.78 is 1.93. The van der Waals surface area contributed by atoms with Crippen molar-refractivity contribution in [3.05, 3.63) is 47.5 Å². The Bertz CT molecular complexity index is 729. The van der Waals surface area contributed by atoms with Gasteiger partial charge in [0.05, 0.1) is 17.9 Å². The van der Waals surface area contributed by atoms with E-state index in [0.29, 0.717) is 31.6 Å². The molecule has 0 saturated carbocycles. The topological polar surface area (TPSA) is 74.5 Å². The monoisotopic (exact) mass is 357 g/mol. The molecule has 7 nitrogen and oxygen atoms in total. The quantitative estimate of drug-likeness (QED) is 0.842. The van der Waals surface area contributed by atoms with Crippen molar-refractivity contribution in [2.24, 2.45) is 0 Å². The molecule has 7 heteroatoms. The van der Waals surface area contributed by atoms with E-state index in [1.807, 2.05) is 53.0 Å². The van der Waals surface area contributed by atoms with Gasteiger partial charge in [0.1, 0.15) is 6.10 Å². The Morgan fingerprint density at radius 1 is 1.38 bits per heavy atom. The number of likely N-dealkylation sites (N-methyl/N-ethyl adjacent to an activating group) is 1. The number of amides is 1. The minimum atomic E-state index is -0.612. The number of hydrogen-bond acceptors (Lipinski definition) is 5. The fraction of sp³-hybridized carbons (Fsp3) is 0.526. The molecule has 0 spiro atoms. The number of hydrogen-bond donors (Lipinski definition) is 1. The molecule has 3 rings (SSSR count). The van der Waals surface area contributed by atoms with Gasteiger partial charge in [-0.3, -0.25) is 14.5 Å². The molecule has 1 aliphatic heterocycles. The summed E-state index contributed by atoms with van der Waals surface area (Å²) in [6.07, 6.45) is 4.99. The number of fused-ring (bicyclic) bond motifs is 1. The molecule has 0 fully saturated rings. The molecule has 2 aromatic heterocycles. The normalized spacial score (nSPS) is 15.6. The molecule has 2 aromatic rings. The molecular formula is C19H27N5O2. The van der Waals surface area contributed by atoms with E-state index in [2.05, 4.69) is 10.1 Å². The summed E-state index contributed by atoms with van der Waals surface area (Å²) in [7, 11) is 3.85. The van der Waals surface area contributed by atoms with Crippen molar-refractivity contribution >= 4 is 5.91 Å². The van der Waals surface area contributed by atoms with Crippen molar-refractivity contribution in [3.63, 3.8) is 0 Å². The number of aliphatic hydroxyl groups excluding tert-OH is 1. The molecule has 1 aliphatic rings. The van der Waals surface area contributed by atoms with E-state index in [-0.39, 0.29) is 5.91 Å². The second kappa shape index (κ2) is 8.42. The van der Waals surface area contributed by atoms with Crippen molar-refractivity contribution in [1.29, 1.82) is 0 Å². The minimum absolute atomic E-state index is 0.152. The van der Waals surface area contributed by atoms with Gasteiger partial charge in [-0.2, -0.15) is 5.10 Å². The van der Waals surface area contributed by atoms with Gasteiger partial charge in [-0.25, -0.2) is 0 Å². The fourth-order valence-corrected chi connectivity index (χ4v) is 3.26. The number of pyridine rings is 1. The lowest BCUT2D eigenvalue weighted by Gasteiger charge is -2.20. The molecule has 1 N–H and O–H groups in total. The molecular weight excluding hydrogens is 330 g/mol. The van der Waals surface area contributed by atoms with Crippen LogP contribution in [0.1, 0.15) is 35.9 Å². The van der Waals surface area contributed by atoms with Gasteiger partial charge >= 0.3 is 0 Å². The van der Waals surface area contributed by atoms with Gasteiger partial charge in [0, 0.05) is 38.4 Å². The number of aliphatic hydroxyl groups is 1. The predicted molar refractivity (Wildman–Crippen MR) is 98.3 cm³/mol. The number of aromatic nitrogens is 3. The number of rotatable bonds is 6. The first-order valence-electron chi connectivity index (χ1n) is 9.09. The molecule has 1 atom stereocenters. The van der Waals surface area contributed by atoms with Gasteiger partial charge in [-0.05, 0) is 44.6 Å². The minimum Gasteiger partial charge on any atom is -0.385 e. The summed E-state index contributed by atoms with van der Waals surface area (Å²) in [5.41, 5.74) is 2.75. The Hall–Kier alpha value is -2.25. The van der Waals surface area contributed by atoms with E-state index in [4.69, 9.17) is 0 Å². The van der Waals surface area contributed by atoms with Crippen molar-refractivity contribution < 1.29 is 9.90 Å². The third kappa shape index (κ3) is 4.68. The third-order valence-electron chi connectivity index (χ3n) is 4.62. The first-order valence-corrected chi connectivity index (χ1v) is 9.09. The van der Waals surface area contributed by atoms with E-state index < -0.39 is 6.10 Å². The second-order valence-corrected chi connectivity index (χ2v) is 7.09. The molecule has 1 unspecified atom stereocenters. The Morgan fingerprint density at radius 3 is 2.96 bits per heavy atom. The molecule has 0 bridgehead atoms. The maximum atomic E-state index is 12.6. The van der Waals surface area contributed by atoms with Crippen molar-refractivity contribution in [2.45, 2.75) is 38.5 Å². The lowest BCUT2D eigenvalue weighted by atomic mass is 10.1. The van der Waals surface area contributed by atoms with Gasteiger partial charge in [-0.15, -0.1) is 0 Å². The molecule has 0 aromatic carbocycles.